The fourth-order valence-corrected chi connectivity index (χ4v) is 4.07. The van der Waals surface area contributed by atoms with E-state index in [0.717, 1.165) is 36.1 Å². The van der Waals surface area contributed by atoms with Gasteiger partial charge in [-0.15, -0.1) is 0 Å². The Morgan fingerprint density at radius 1 is 1.30 bits per heavy atom. The van der Waals surface area contributed by atoms with Gasteiger partial charge in [-0.3, -0.25) is 4.90 Å². The molecular formula is C21H29N3O3. The van der Waals surface area contributed by atoms with Gasteiger partial charge in [-0.1, -0.05) is 30.2 Å². The first-order valence-electron chi connectivity index (χ1n) is 9.60. The topological polar surface area (TPSA) is 70.7 Å². The molecular weight excluding hydrogens is 342 g/mol. The summed E-state index contributed by atoms with van der Waals surface area (Å²) < 4.78 is 5.08. The molecule has 0 spiro atoms. The van der Waals surface area contributed by atoms with E-state index in [1.54, 1.807) is 0 Å². The molecule has 0 saturated carbocycles. The summed E-state index contributed by atoms with van der Waals surface area (Å²) in [6, 6.07) is 5.67. The monoisotopic (exact) mass is 371 g/mol. The number of esters is 1. The van der Waals surface area contributed by atoms with Gasteiger partial charge in [0.2, 0.25) is 0 Å². The number of likely N-dealkylation sites (tertiary alicyclic amines) is 1. The summed E-state index contributed by atoms with van der Waals surface area (Å²) in [5.74, 6) is -0.410. The van der Waals surface area contributed by atoms with Gasteiger partial charge in [0.15, 0.2) is 0 Å². The predicted molar refractivity (Wildman–Crippen MR) is 104 cm³/mol. The van der Waals surface area contributed by atoms with Crippen molar-refractivity contribution in [2.24, 2.45) is 0 Å². The Balaban J connectivity index is 2.03. The molecule has 1 saturated heterocycles. The zero-order valence-electron chi connectivity index (χ0n) is 16.6. The molecule has 1 aromatic rings. The number of piperidine rings is 1. The lowest BCUT2D eigenvalue weighted by Crippen LogP contribution is -2.50. The Bertz CT molecular complexity index is 772. The Hall–Kier alpha value is -2.34. The van der Waals surface area contributed by atoms with Crippen molar-refractivity contribution in [2.45, 2.75) is 52.1 Å². The van der Waals surface area contributed by atoms with Gasteiger partial charge >= 0.3 is 12.0 Å². The second kappa shape index (κ2) is 8.13. The van der Waals surface area contributed by atoms with E-state index in [9.17, 15) is 9.59 Å². The van der Waals surface area contributed by atoms with E-state index in [-0.39, 0.29) is 6.03 Å². The molecule has 3 rings (SSSR count). The van der Waals surface area contributed by atoms with E-state index in [4.69, 9.17) is 4.74 Å². The molecule has 2 atom stereocenters. The summed E-state index contributed by atoms with van der Waals surface area (Å²) in [6.07, 6.45) is 3.49. The molecule has 146 valence electrons. The molecule has 0 aromatic heterocycles. The molecule has 2 aliphatic heterocycles. The van der Waals surface area contributed by atoms with Gasteiger partial charge in [0.1, 0.15) is 0 Å². The number of hydrogen-bond donors (Lipinski definition) is 2. The van der Waals surface area contributed by atoms with Crippen molar-refractivity contribution in [3.63, 3.8) is 0 Å². The highest BCUT2D eigenvalue weighted by Crippen LogP contribution is 2.31. The van der Waals surface area contributed by atoms with Crippen LogP contribution in [0.2, 0.25) is 0 Å². The molecule has 1 fully saturated rings. The van der Waals surface area contributed by atoms with Crippen LogP contribution in [0, 0.1) is 13.8 Å². The third-order valence-electron chi connectivity index (χ3n) is 5.60. The molecule has 0 unspecified atom stereocenters. The first kappa shape index (κ1) is 19.4. The Morgan fingerprint density at radius 2 is 2.07 bits per heavy atom. The van der Waals surface area contributed by atoms with Crippen LogP contribution in [0.5, 0.6) is 0 Å². The number of rotatable bonds is 4. The summed E-state index contributed by atoms with van der Waals surface area (Å²) in [7, 11) is 1.38. The minimum absolute atomic E-state index is 0.285. The van der Waals surface area contributed by atoms with Crippen LogP contribution in [0.25, 0.3) is 0 Å². The molecule has 0 aliphatic carbocycles. The number of nitrogens with one attached hydrogen (secondary N) is 2. The molecule has 6 nitrogen and oxygen atoms in total. The minimum atomic E-state index is -0.512. The zero-order chi connectivity index (χ0) is 19.6. The maximum absolute atomic E-state index is 12.7. The fraction of sp³-hybridized carbons (Fsp3) is 0.524. The van der Waals surface area contributed by atoms with Crippen molar-refractivity contribution in [1.29, 1.82) is 0 Å². The first-order valence-corrected chi connectivity index (χ1v) is 9.60. The van der Waals surface area contributed by atoms with Crippen LogP contribution in [0.3, 0.4) is 0 Å². The highest BCUT2D eigenvalue weighted by atomic mass is 16.5. The van der Waals surface area contributed by atoms with Crippen molar-refractivity contribution < 1.29 is 14.3 Å². The van der Waals surface area contributed by atoms with Gasteiger partial charge in [0.05, 0.1) is 18.7 Å². The standard InChI is InChI=1S/C21H29N3O3/c1-13-8-9-16(14(2)11-13)19-18(20(25)27-4)17(22-21(26)23-19)12-24-10-6-5-7-15(24)3/h8-9,11,15,19H,5-7,10,12H2,1-4H3,(H2,22,23,26)/t15-,19+/m1/s1. The van der Waals surface area contributed by atoms with E-state index < -0.39 is 12.0 Å². The summed E-state index contributed by atoms with van der Waals surface area (Å²) in [4.78, 5) is 27.4. The first-order chi connectivity index (χ1) is 12.9. The third-order valence-corrected chi connectivity index (χ3v) is 5.60. The number of methoxy groups -OCH3 is 1. The minimum Gasteiger partial charge on any atom is -0.466 e. The van der Waals surface area contributed by atoms with Gasteiger partial charge in [-0.25, -0.2) is 9.59 Å². The van der Waals surface area contributed by atoms with E-state index in [1.165, 1.54) is 13.5 Å². The molecule has 0 radical (unpaired) electrons. The van der Waals surface area contributed by atoms with Crippen LogP contribution in [-0.2, 0) is 9.53 Å². The van der Waals surface area contributed by atoms with Crippen LogP contribution in [0.4, 0.5) is 4.79 Å². The number of ether oxygens (including phenoxy) is 1. The second-order valence-electron chi connectivity index (χ2n) is 7.59. The lowest BCUT2D eigenvalue weighted by Gasteiger charge is -2.37. The lowest BCUT2D eigenvalue weighted by atomic mass is 9.91. The smallest absolute Gasteiger partial charge is 0.338 e. The average molecular weight is 371 g/mol. The lowest BCUT2D eigenvalue weighted by molar-refractivity contribution is -0.136. The molecule has 2 N–H and O–H groups in total. The number of aryl methyl sites for hydroxylation is 2. The number of hydrogen-bond acceptors (Lipinski definition) is 4. The normalized spacial score (nSPS) is 23.6. The molecule has 6 heteroatoms. The molecule has 27 heavy (non-hydrogen) atoms. The fourth-order valence-electron chi connectivity index (χ4n) is 4.07. The largest absolute Gasteiger partial charge is 0.466 e. The zero-order valence-corrected chi connectivity index (χ0v) is 16.6. The number of urea groups is 1. The highest BCUT2D eigenvalue weighted by Gasteiger charge is 2.35. The van der Waals surface area contributed by atoms with Crippen LogP contribution >= 0.6 is 0 Å². The molecule has 2 heterocycles. The summed E-state index contributed by atoms with van der Waals surface area (Å²) in [6.45, 7) is 7.73. The Labute approximate surface area is 161 Å². The SMILES string of the molecule is COC(=O)C1=C(CN2CCCC[C@H]2C)NC(=O)N[C@H]1c1ccc(C)cc1C. The van der Waals surface area contributed by atoms with Gasteiger partial charge in [-0.2, -0.15) is 0 Å². The van der Waals surface area contributed by atoms with Crippen LogP contribution in [0.1, 0.15) is 48.9 Å². The van der Waals surface area contributed by atoms with Crippen LogP contribution < -0.4 is 10.6 Å². The average Bonchev–Trinajstić information content (AvgIpc) is 2.62. The predicted octanol–water partition coefficient (Wildman–Crippen LogP) is 2.96. The number of carbonyl (C=O) groups excluding carboxylic acids is 2. The number of benzene rings is 1. The van der Waals surface area contributed by atoms with E-state index >= 15 is 0 Å². The number of carbonyl (C=O) groups is 2. The summed E-state index contributed by atoms with van der Waals surface area (Å²) in [5, 5.41) is 5.78. The van der Waals surface area contributed by atoms with Crippen molar-refractivity contribution in [3.05, 3.63) is 46.2 Å². The van der Waals surface area contributed by atoms with Crippen molar-refractivity contribution >= 4 is 12.0 Å². The van der Waals surface area contributed by atoms with Crippen LogP contribution in [-0.4, -0.2) is 43.1 Å². The van der Waals surface area contributed by atoms with E-state index in [1.807, 2.05) is 26.0 Å². The van der Waals surface area contributed by atoms with E-state index in [0.29, 0.717) is 23.9 Å². The Kier molecular flexibility index (Phi) is 5.85. The maximum atomic E-state index is 12.7. The molecule has 2 aliphatic rings. The number of amides is 2. The number of nitrogens with zero attached hydrogens (tertiary/aromatic N) is 1. The van der Waals surface area contributed by atoms with Crippen molar-refractivity contribution in [1.82, 2.24) is 15.5 Å². The van der Waals surface area contributed by atoms with Gasteiger partial charge in [0.25, 0.3) is 0 Å². The maximum Gasteiger partial charge on any atom is 0.338 e. The Morgan fingerprint density at radius 3 is 2.74 bits per heavy atom. The molecule has 1 aromatic carbocycles. The van der Waals surface area contributed by atoms with Crippen LogP contribution in [0.15, 0.2) is 29.5 Å². The highest BCUT2D eigenvalue weighted by molar-refractivity contribution is 5.95. The van der Waals surface area contributed by atoms with Gasteiger partial charge in [0, 0.05) is 18.3 Å². The molecule has 2 amide bonds. The molecule has 0 bridgehead atoms. The van der Waals surface area contributed by atoms with Gasteiger partial charge < -0.3 is 15.4 Å². The van der Waals surface area contributed by atoms with Gasteiger partial charge in [-0.05, 0) is 51.3 Å². The third kappa shape index (κ3) is 4.16. The van der Waals surface area contributed by atoms with Crippen molar-refractivity contribution in [2.75, 3.05) is 20.2 Å². The quantitative estimate of drug-likeness (QED) is 0.799. The second-order valence-corrected chi connectivity index (χ2v) is 7.59. The summed E-state index contributed by atoms with van der Waals surface area (Å²) in [5.41, 5.74) is 4.22. The van der Waals surface area contributed by atoms with E-state index in [2.05, 4.69) is 28.5 Å². The van der Waals surface area contributed by atoms with Crippen molar-refractivity contribution in [3.8, 4) is 0 Å². The summed E-state index contributed by atoms with van der Waals surface area (Å²) >= 11 is 0.